The van der Waals surface area contributed by atoms with Gasteiger partial charge in [0.15, 0.2) is 0 Å². The Morgan fingerprint density at radius 1 is 0.267 bits per heavy atom. The normalized spacial score (nSPS) is 11.8. The van der Waals surface area contributed by atoms with Crippen molar-refractivity contribution in [2.24, 2.45) is 0 Å². The SMILES string of the molecule is CCCCCCCCCCCCCCCCOCCOCCOCCOCCOCCOCCOCCOCCOC(c1ccccc1)(c1ccccc1)c1ccccc1. The molecule has 0 heterocycles. The summed E-state index contributed by atoms with van der Waals surface area (Å²) in [6.45, 7) is 11.5. The van der Waals surface area contributed by atoms with Crippen LogP contribution in [0.2, 0.25) is 0 Å². The summed E-state index contributed by atoms with van der Waals surface area (Å²) in [5.74, 6) is 0. The lowest BCUT2D eigenvalue weighted by atomic mass is 9.80. The molecule has 0 amide bonds. The Balaban J connectivity index is 1.01. The van der Waals surface area contributed by atoms with E-state index in [0.717, 1.165) is 29.7 Å². The quantitative estimate of drug-likeness (QED) is 0.0409. The number of unbranched alkanes of at least 4 members (excludes halogenated alkanes) is 13. The molecule has 0 atom stereocenters. The van der Waals surface area contributed by atoms with Gasteiger partial charge in [0.1, 0.15) is 5.60 Å². The van der Waals surface area contributed by atoms with Gasteiger partial charge in [-0.2, -0.15) is 0 Å². The zero-order valence-corrected chi connectivity index (χ0v) is 37.3. The van der Waals surface area contributed by atoms with E-state index < -0.39 is 5.60 Å². The first kappa shape index (κ1) is 51.6. The molecule has 0 bridgehead atoms. The fraction of sp³-hybridized carbons (Fsp3) is 0.647. The maximum Gasteiger partial charge on any atom is 0.143 e. The van der Waals surface area contributed by atoms with E-state index in [4.69, 9.17) is 42.6 Å². The van der Waals surface area contributed by atoms with Crippen LogP contribution in [-0.4, -0.2) is 112 Å². The molecule has 0 aliphatic heterocycles. The summed E-state index contributed by atoms with van der Waals surface area (Å²) in [7, 11) is 0. The van der Waals surface area contributed by atoms with Crippen molar-refractivity contribution in [3.8, 4) is 0 Å². The fourth-order valence-electron chi connectivity index (χ4n) is 7.06. The van der Waals surface area contributed by atoms with Gasteiger partial charge >= 0.3 is 0 Å². The van der Waals surface area contributed by atoms with Gasteiger partial charge in [0.2, 0.25) is 0 Å². The number of ether oxygens (including phenoxy) is 9. The second-order valence-corrected chi connectivity index (χ2v) is 15.1. The lowest BCUT2D eigenvalue weighted by Gasteiger charge is -2.36. The van der Waals surface area contributed by atoms with Gasteiger partial charge in [0.25, 0.3) is 0 Å². The first-order valence-electron chi connectivity index (χ1n) is 23.3. The largest absolute Gasteiger partial charge is 0.379 e. The van der Waals surface area contributed by atoms with Crippen molar-refractivity contribution in [2.45, 2.75) is 102 Å². The average molecular weight is 837 g/mol. The fourth-order valence-corrected chi connectivity index (χ4v) is 7.06. The van der Waals surface area contributed by atoms with E-state index in [9.17, 15) is 0 Å². The summed E-state index contributed by atoms with van der Waals surface area (Å²) in [5.41, 5.74) is 2.47. The zero-order valence-electron chi connectivity index (χ0n) is 37.3. The highest BCUT2D eigenvalue weighted by Crippen LogP contribution is 2.40. The van der Waals surface area contributed by atoms with Gasteiger partial charge in [-0.1, -0.05) is 181 Å². The lowest BCUT2D eigenvalue weighted by Crippen LogP contribution is -2.34. The van der Waals surface area contributed by atoms with Crippen molar-refractivity contribution in [3.05, 3.63) is 108 Å². The molecule has 0 aliphatic carbocycles. The molecule has 9 nitrogen and oxygen atoms in total. The molecule has 0 aromatic heterocycles. The van der Waals surface area contributed by atoms with E-state index in [0.29, 0.717) is 106 Å². The minimum atomic E-state index is -0.746. The van der Waals surface area contributed by atoms with Gasteiger partial charge < -0.3 is 42.6 Å². The topological polar surface area (TPSA) is 83.1 Å². The summed E-state index contributed by atoms with van der Waals surface area (Å²) in [6.07, 6.45) is 19.2. The maximum atomic E-state index is 6.74. The predicted octanol–water partition coefficient (Wildman–Crippen LogP) is 10.6. The average Bonchev–Trinajstić information content (AvgIpc) is 3.29. The smallest absolute Gasteiger partial charge is 0.143 e. The highest BCUT2D eigenvalue weighted by atomic mass is 16.6. The predicted molar refractivity (Wildman–Crippen MR) is 242 cm³/mol. The van der Waals surface area contributed by atoms with Crippen LogP contribution >= 0.6 is 0 Å². The summed E-state index contributed by atoms with van der Waals surface area (Å²) >= 11 is 0. The highest BCUT2D eigenvalue weighted by molar-refractivity contribution is 5.47. The Morgan fingerprint density at radius 2 is 0.500 bits per heavy atom. The van der Waals surface area contributed by atoms with Gasteiger partial charge in [0.05, 0.1) is 106 Å². The number of hydrogen-bond donors (Lipinski definition) is 0. The van der Waals surface area contributed by atoms with E-state index in [1.54, 1.807) is 0 Å². The molecule has 3 rings (SSSR count). The van der Waals surface area contributed by atoms with Crippen LogP contribution in [0.5, 0.6) is 0 Å². The van der Waals surface area contributed by atoms with E-state index in [-0.39, 0.29) is 0 Å². The molecule has 60 heavy (non-hydrogen) atoms. The summed E-state index contributed by atoms with van der Waals surface area (Å²) < 4.78 is 51.9. The van der Waals surface area contributed by atoms with Crippen molar-refractivity contribution in [3.63, 3.8) is 0 Å². The van der Waals surface area contributed by atoms with Gasteiger partial charge in [-0.3, -0.25) is 0 Å². The van der Waals surface area contributed by atoms with Gasteiger partial charge in [-0.15, -0.1) is 0 Å². The van der Waals surface area contributed by atoms with Crippen LogP contribution in [0.1, 0.15) is 114 Å². The van der Waals surface area contributed by atoms with Crippen LogP contribution in [0.15, 0.2) is 91.0 Å². The Bertz CT molecular complexity index is 1220. The molecular weight excluding hydrogens is 757 g/mol. The standard InChI is InChI=1S/C51H80O9/c1-2-3-4-5-6-7-8-9-10-11-12-13-14-24-31-52-32-33-53-34-35-54-36-37-55-38-39-56-40-41-57-42-43-58-44-45-59-46-47-60-51(48-25-18-15-19-26-48,49-27-20-16-21-28-49)50-29-22-17-23-30-50/h15-23,25-30H,2-14,24,31-47H2,1H3. The highest BCUT2D eigenvalue weighted by Gasteiger charge is 2.37. The number of benzene rings is 3. The third kappa shape index (κ3) is 24.7. The van der Waals surface area contributed by atoms with Crippen molar-refractivity contribution in [1.82, 2.24) is 0 Å². The summed E-state index contributed by atoms with van der Waals surface area (Å²) in [4.78, 5) is 0. The van der Waals surface area contributed by atoms with Crippen molar-refractivity contribution in [2.75, 3.05) is 112 Å². The molecule has 0 aliphatic rings. The lowest BCUT2D eigenvalue weighted by molar-refractivity contribution is -0.0398. The molecule has 0 saturated heterocycles. The van der Waals surface area contributed by atoms with Gasteiger partial charge in [0, 0.05) is 6.61 Å². The minimum Gasteiger partial charge on any atom is -0.379 e. The van der Waals surface area contributed by atoms with Gasteiger partial charge in [-0.05, 0) is 23.1 Å². The monoisotopic (exact) mass is 837 g/mol. The number of hydrogen-bond acceptors (Lipinski definition) is 9. The van der Waals surface area contributed by atoms with Crippen LogP contribution in [0, 0.1) is 0 Å². The second-order valence-electron chi connectivity index (χ2n) is 15.1. The molecule has 0 unspecified atom stereocenters. The molecule has 0 fully saturated rings. The third-order valence-corrected chi connectivity index (χ3v) is 10.3. The molecule has 0 saturated carbocycles. The van der Waals surface area contributed by atoms with E-state index in [1.807, 2.05) is 18.2 Å². The Kier molecular flexibility index (Phi) is 32.7. The van der Waals surface area contributed by atoms with Gasteiger partial charge in [-0.25, -0.2) is 0 Å². The van der Waals surface area contributed by atoms with E-state index in [2.05, 4.69) is 79.7 Å². The van der Waals surface area contributed by atoms with Crippen LogP contribution in [0.4, 0.5) is 0 Å². The van der Waals surface area contributed by atoms with Crippen molar-refractivity contribution in [1.29, 1.82) is 0 Å². The van der Waals surface area contributed by atoms with Crippen LogP contribution in [0.3, 0.4) is 0 Å². The Labute approximate surface area is 364 Å². The van der Waals surface area contributed by atoms with Crippen molar-refractivity contribution >= 4 is 0 Å². The molecule has 338 valence electrons. The summed E-state index contributed by atoms with van der Waals surface area (Å²) in [6, 6.07) is 31.1. The van der Waals surface area contributed by atoms with Crippen LogP contribution in [-0.2, 0) is 48.2 Å². The van der Waals surface area contributed by atoms with E-state index in [1.165, 1.54) is 83.5 Å². The minimum absolute atomic E-state index is 0.423. The van der Waals surface area contributed by atoms with Crippen LogP contribution < -0.4 is 0 Å². The molecule has 9 heteroatoms. The number of rotatable bonds is 43. The first-order valence-corrected chi connectivity index (χ1v) is 23.3. The first-order chi connectivity index (χ1) is 29.9. The van der Waals surface area contributed by atoms with Crippen LogP contribution in [0.25, 0.3) is 0 Å². The molecule has 0 N–H and O–H groups in total. The molecular formula is C51H80O9. The van der Waals surface area contributed by atoms with Crippen molar-refractivity contribution < 1.29 is 42.6 Å². The Hall–Kier alpha value is -2.70. The Morgan fingerprint density at radius 3 is 0.783 bits per heavy atom. The maximum absolute atomic E-state index is 6.74. The van der Waals surface area contributed by atoms with E-state index >= 15 is 0 Å². The zero-order chi connectivity index (χ0) is 42.1. The molecule has 3 aromatic rings. The second kappa shape index (κ2) is 38.0. The molecule has 0 spiro atoms. The summed E-state index contributed by atoms with van der Waals surface area (Å²) in [5, 5.41) is 0. The molecule has 0 radical (unpaired) electrons. The molecule has 3 aromatic carbocycles. The third-order valence-electron chi connectivity index (χ3n) is 10.3.